The Balaban J connectivity index is 2.86. The molecule has 0 aliphatic carbocycles. The second-order valence-electron chi connectivity index (χ2n) is 4.36. The molecule has 1 aromatic rings. The van der Waals surface area contributed by atoms with Crippen LogP contribution >= 0.6 is 0 Å². The summed E-state index contributed by atoms with van der Waals surface area (Å²) in [5.74, 6) is 0.553. The molecular weight excluding hydrogens is 234 g/mol. The van der Waals surface area contributed by atoms with Gasteiger partial charge in [0.1, 0.15) is 17.2 Å². The Morgan fingerprint density at radius 3 is 2.78 bits per heavy atom. The molecule has 0 aliphatic heterocycles. The van der Waals surface area contributed by atoms with Crippen LogP contribution in [0.2, 0.25) is 0 Å². The van der Waals surface area contributed by atoms with E-state index in [1.165, 1.54) is 13.3 Å². The molecule has 2 N–H and O–H groups in total. The Labute approximate surface area is 106 Å². The predicted octanol–water partition coefficient (Wildman–Crippen LogP) is 1.00. The molecule has 0 radical (unpaired) electrons. The van der Waals surface area contributed by atoms with Crippen molar-refractivity contribution < 1.29 is 14.6 Å². The van der Waals surface area contributed by atoms with Crippen LogP contribution in [-0.2, 0) is 4.74 Å². The van der Waals surface area contributed by atoms with Crippen LogP contribution in [0.4, 0.5) is 5.82 Å². The fourth-order valence-electron chi connectivity index (χ4n) is 1.30. The summed E-state index contributed by atoms with van der Waals surface area (Å²) in [7, 11) is 1.30. The number of hydrogen-bond donors (Lipinski definition) is 2. The molecule has 0 fully saturated rings. The molecule has 0 spiro atoms. The van der Waals surface area contributed by atoms with E-state index in [2.05, 4.69) is 20.0 Å². The second kappa shape index (κ2) is 6.30. The molecule has 0 aliphatic rings. The zero-order chi connectivity index (χ0) is 13.7. The quantitative estimate of drug-likeness (QED) is 0.762. The van der Waals surface area contributed by atoms with Crippen molar-refractivity contribution in [3.05, 3.63) is 17.6 Å². The van der Waals surface area contributed by atoms with Crippen molar-refractivity contribution in [2.45, 2.75) is 26.9 Å². The maximum Gasteiger partial charge on any atom is 0.343 e. The number of nitrogens with zero attached hydrogens (tertiary/aromatic N) is 2. The highest BCUT2D eigenvalue weighted by molar-refractivity contribution is 5.94. The van der Waals surface area contributed by atoms with Crippen LogP contribution < -0.4 is 5.32 Å². The average Bonchev–Trinajstić information content (AvgIpc) is 2.34. The molecule has 0 saturated heterocycles. The molecule has 18 heavy (non-hydrogen) atoms. The van der Waals surface area contributed by atoms with E-state index in [0.717, 1.165) is 0 Å². The van der Waals surface area contributed by atoms with Crippen LogP contribution in [0.3, 0.4) is 0 Å². The average molecular weight is 253 g/mol. The highest BCUT2D eigenvalue weighted by Gasteiger charge is 2.16. The van der Waals surface area contributed by atoms with Crippen molar-refractivity contribution in [1.29, 1.82) is 0 Å². The Bertz CT molecular complexity index is 421. The summed E-state index contributed by atoms with van der Waals surface area (Å²) in [6.07, 6.45) is 0.906. The van der Waals surface area contributed by atoms with Gasteiger partial charge in [-0.05, 0) is 12.8 Å². The summed E-state index contributed by atoms with van der Waals surface area (Å²) in [4.78, 5) is 19.6. The molecule has 1 aromatic heterocycles. The number of aliphatic hydroxyl groups excluding tert-OH is 1. The first kappa shape index (κ1) is 14.4. The lowest BCUT2D eigenvalue weighted by molar-refractivity contribution is 0.0600. The number of rotatable bonds is 5. The van der Waals surface area contributed by atoms with Gasteiger partial charge < -0.3 is 15.2 Å². The van der Waals surface area contributed by atoms with Gasteiger partial charge >= 0.3 is 5.97 Å². The van der Waals surface area contributed by atoms with E-state index in [0.29, 0.717) is 18.2 Å². The normalized spacial score (nSPS) is 12.3. The minimum atomic E-state index is -0.509. The molecule has 0 saturated carbocycles. The van der Waals surface area contributed by atoms with Gasteiger partial charge in [0, 0.05) is 12.7 Å². The summed E-state index contributed by atoms with van der Waals surface area (Å²) in [5.41, 5.74) is 0.263. The van der Waals surface area contributed by atoms with Gasteiger partial charge in [-0.25, -0.2) is 14.8 Å². The van der Waals surface area contributed by atoms with Gasteiger partial charge in [0.15, 0.2) is 0 Å². The van der Waals surface area contributed by atoms with Crippen molar-refractivity contribution >= 4 is 11.8 Å². The minimum Gasteiger partial charge on any atom is -0.465 e. The fourth-order valence-corrected chi connectivity index (χ4v) is 1.30. The lowest BCUT2D eigenvalue weighted by Gasteiger charge is -2.16. The number of aliphatic hydroxyl groups is 1. The van der Waals surface area contributed by atoms with E-state index in [9.17, 15) is 9.90 Å². The number of methoxy groups -OCH3 is 1. The largest absolute Gasteiger partial charge is 0.465 e. The summed E-state index contributed by atoms with van der Waals surface area (Å²) in [6.45, 7) is 5.88. The minimum absolute atomic E-state index is 0.127. The number of carbonyl (C=O) groups is 1. The van der Waals surface area contributed by atoms with Crippen LogP contribution in [0, 0.1) is 12.8 Å². The van der Waals surface area contributed by atoms with Crippen molar-refractivity contribution in [3.8, 4) is 0 Å². The zero-order valence-corrected chi connectivity index (χ0v) is 11.1. The molecule has 6 heteroatoms. The third-order valence-electron chi connectivity index (χ3n) is 2.56. The van der Waals surface area contributed by atoms with Crippen molar-refractivity contribution in [3.63, 3.8) is 0 Å². The van der Waals surface area contributed by atoms with Gasteiger partial charge in [-0.1, -0.05) is 13.8 Å². The molecule has 1 heterocycles. The molecule has 0 amide bonds. The van der Waals surface area contributed by atoms with Gasteiger partial charge in [0.2, 0.25) is 0 Å². The third kappa shape index (κ3) is 3.66. The first-order valence-electron chi connectivity index (χ1n) is 5.79. The lowest BCUT2D eigenvalue weighted by Crippen LogP contribution is -2.26. The zero-order valence-electron chi connectivity index (χ0n) is 11.1. The molecular formula is C12H19N3O3. The molecule has 0 aromatic carbocycles. The van der Waals surface area contributed by atoms with Gasteiger partial charge in [-0.3, -0.25) is 0 Å². The Morgan fingerprint density at radius 2 is 2.22 bits per heavy atom. The van der Waals surface area contributed by atoms with E-state index >= 15 is 0 Å². The number of ether oxygens (including phenoxy) is 1. The number of carbonyl (C=O) groups excluding carboxylic acids is 1. The Hall–Kier alpha value is -1.69. The number of anilines is 1. The maximum absolute atomic E-state index is 11.5. The van der Waals surface area contributed by atoms with E-state index in [-0.39, 0.29) is 11.5 Å². The van der Waals surface area contributed by atoms with Crippen molar-refractivity contribution in [2.75, 3.05) is 19.0 Å². The van der Waals surface area contributed by atoms with Crippen molar-refractivity contribution in [2.24, 2.45) is 5.92 Å². The predicted molar refractivity (Wildman–Crippen MR) is 67.4 cm³/mol. The Morgan fingerprint density at radius 1 is 1.56 bits per heavy atom. The number of hydrogen-bond acceptors (Lipinski definition) is 6. The highest BCUT2D eigenvalue weighted by Crippen LogP contribution is 2.13. The van der Waals surface area contributed by atoms with E-state index in [1.54, 1.807) is 6.92 Å². The molecule has 100 valence electrons. The molecule has 1 unspecified atom stereocenters. The SMILES string of the molecule is COC(=O)c1cnc(C)nc1NCC(O)C(C)C. The first-order chi connectivity index (χ1) is 8.45. The van der Waals surface area contributed by atoms with E-state index in [4.69, 9.17) is 0 Å². The summed E-state index contributed by atoms with van der Waals surface area (Å²) in [6, 6.07) is 0. The first-order valence-corrected chi connectivity index (χ1v) is 5.79. The molecule has 1 rings (SSSR count). The van der Waals surface area contributed by atoms with Crippen LogP contribution in [0.25, 0.3) is 0 Å². The van der Waals surface area contributed by atoms with Gasteiger partial charge in [-0.2, -0.15) is 0 Å². The van der Waals surface area contributed by atoms with Crippen LogP contribution in [-0.4, -0.2) is 40.8 Å². The number of nitrogens with one attached hydrogen (secondary N) is 1. The van der Waals surface area contributed by atoms with Gasteiger partial charge in [0.25, 0.3) is 0 Å². The van der Waals surface area contributed by atoms with Crippen molar-refractivity contribution in [1.82, 2.24) is 9.97 Å². The molecule has 6 nitrogen and oxygen atoms in total. The fraction of sp³-hybridized carbons (Fsp3) is 0.583. The summed E-state index contributed by atoms with van der Waals surface area (Å²) < 4.78 is 4.65. The van der Waals surface area contributed by atoms with Crippen LogP contribution in [0.15, 0.2) is 6.20 Å². The maximum atomic E-state index is 11.5. The van der Waals surface area contributed by atoms with Crippen LogP contribution in [0.1, 0.15) is 30.0 Å². The number of aryl methyl sites for hydroxylation is 1. The monoisotopic (exact) mass is 253 g/mol. The molecule has 0 bridgehead atoms. The lowest BCUT2D eigenvalue weighted by atomic mass is 10.1. The summed E-state index contributed by atoms with van der Waals surface area (Å²) >= 11 is 0. The van der Waals surface area contributed by atoms with E-state index < -0.39 is 12.1 Å². The summed E-state index contributed by atoms with van der Waals surface area (Å²) in [5, 5.41) is 12.7. The van der Waals surface area contributed by atoms with Crippen LogP contribution in [0.5, 0.6) is 0 Å². The Kier molecular flexibility index (Phi) is 5.03. The topological polar surface area (TPSA) is 84.3 Å². The highest BCUT2D eigenvalue weighted by atomic mass is 16.5. The van der Waals surface area contributed by atoms with E-state index in [1.807, 2.05) is 13.8 Å². The number of esters is 1. The second-order valence-corrected chi connectivity index (χ2v) is 4.36. The molecule has 1 atom stereocenters. The number of aromatic nitrogens is 2. The van der Waals surface area contributed by atoms with Gasteiger partial charge in [-0.15, -0.1) is 0 Å². The third-order valence-corrected chi connectivity index (χ3v) is 2.56. The smallest absolute Gasteiger partial charge is 0.343 e. The standard InChI is InChI=1S/C12H19N3O3/c1-7(2)10(16)6-14-11-9(12(17)18-4)5-13-8(3)15-11/h5,7,10,16H,6H2,1-4H3,(H,13,14,15). The van der Waals surface area contributed by atoms with Gasteiger partial charge in [0.05, 0.1) is 13.2 Å².